The van der Waals surface area contributed by atoms with Crippen molar-refractivity contribution in [2.75, 3.05) is 13.2 Å². The minimum Gasteiger partial charge on any atom is -0.464 e. The van der Waals surface area contributed by atoms with E-state index in [-0.39, 0.29) is 37.4 Å². The predicted molar refractivity (Wildman–Crippen MR) is 84.5 cm³/mol. The monoisotopic (exact) mass is 365 g/mol. The molecule has 1 N–H and O–H groups in total. The van der Waals surface area contributed by atoms with Crippen molar-refractivity contribution in [3.05, 3.63) is 23.8 Å². The highest BCUT2D eigenvalue weighted by molar-refractivity contribution is 5.91. The van der Waals surface area contributed by atoms with Crippen LogP contribution in [0.1, 0.15) is 30.0 Å². The van der Waals surface area contributed by atoms with E-state index in [0.29, 0.717) is 18.8 Å². The molecule has 12 heteroatoms. The van der Waals surface area contributed by atoms with Gasteiger partial charge in [-0.3, -0.25) is 14.4 Å². The summed E-state index contributed by atoms with van der Waals surface area (Å²) in [6, 6.07) is 0. The first-order valence-electron chi connectivity index (χ1n) is 7.78. The lowest BCUT2D eigenvalue weighted by Gasteiger charge is -2.01. The highest BCUT2D eigenvalue weighted by atomic mass is 16.5. The summed E-state index contributed by atoms with van der Waals surface area (Å²) >= 11 is 0. The van der Waals surface area contributed by atoms with Crippen LogP contribution in [0, 0.1) is 0 Å². The van der Waals surface area contributed by atoms with Gasteiger partial charge in [0.25, 0.3) is 5.91 Å². The molecule has 2 aromatic rings. The Hall–Kier alpha value is -3.31. The Morgan fingerprint density at radius 3 is 2.15 bits per heavy atom. The van der Waals surface area contributed by atoms with Gasteiger partial charge in [-0.2, -0.15) is 0 Å². The Kier molecular flexibility index (Phi) is 6.76. The number of hydrogen-bond acceptors (Lipinski definition) is 9. The number of rotatable bonds is 9. The van der Waals surface area contributed by atoms with Gasteiger partial charge in [0, 0.05) is 13.8 Å². The SMILES string of the molecule is CC(=O)OCCn1cc(CNC(=O)c2cn(CCOC(C)=O)nn2)nn1. The quantitative estimate of drug-likeness (QED) is 0.549. The molecule has 0 atom stereocenters. The van der Waals surface area contributed by atoms with Crippen molar-refractivity contribution in [3.63, 3.8) is 0 Å². The zero-order chi connectivity index (χ0) is 18.9. The Morgan fingerprint density at radius 1 is 0.962 bits per heavy atom. The second-order valence-corrected chi connectivity index (χ2v) is 5.20. The van der Waals surface area contributed by atoms with Crippen LogP contribution in [0.5, 0.6) is 0 Å². The predicted octanol–water partition coefficient (Wildman–Crippen LogP) is -1.07. The third kappa shape index (κ3) is 6.30. The molecule has 2 rings (SSSR count). The van der Waals surface area contributed by atoms with E-state index < -0.39 is 5.91 Å². The van der Waals surface area contributed by atoms with Gasteiger partial charge in [0.15, 0.2) is 5.69 Å². The molecule has 2 heterocycles. The minimum atomic E-state index is -0.418. The summed E-state index contributed by atoms with van der Waals surface area (Å²) in [5.41, 5.74) is 0.679. The second-order valence-electron chi connectivity index (χ2n) is 5.20. The topological polar surface area (TPSA) is 143 Å². The van der Waals surface area contributed by atoms with Crippen LogP contribution >= 0.6 is 0 Å². The summed E-state index contributed by atoms with van der Waals surface area (Å²) in [7, 11) is 0. The maximum atomic E-state index is 12.0. The smallest absolute Gasteiger partial charge is 0.302 e. The Labute approximate surface area is 148 Å². The molecule has 0 aromatic carbocycles. The Bertz CT molecular complexity index is 769. The molecule has 0 aliphatic rings. The first-order valence-corrected chi connectivity index (χ1v) is 7.78. The van der Waals surface area contributed by atoms with E-state index in [4.69, 9.17) is 9.47 Å². The standard InChI is InChI=1S/C14H19N7O5/c1-10(22)25-5-3-20-8-12(16-18-20)7-15-14(24)13-9-21(19-17-13)4-6-26-11(2)23/h8-9H,3-7H2,1-2H3,(H,15,24). The number of nitrogens with zero attached hydrogens (tertiary/aromatic N) is 6. The molecule has 140 valence electrons. The highest BCUT2D eigenvalue weighted by Crippen LogP contribution is 1.97. The number of esters is 2. The van der Waals surface area contributed by atoms with Crippen LogP contribution in [0.4, 0.5) is 0 Å². The van der Waals surface area contributed by atoms with Crippen LogP contribution < -0.4 is 5.32 Å². The lowest BCUT2D eigenvalue weighted by Crippen LogP contribution is -2.23. The molecule has 12 nitrogen and oxygen atoms in total. The summed E-state index contributed by atoms with van der Waals surface area (Å²) < 4.78 is 12.5. The number of aromatic nitrogens is 6. The van der Waals surface area contributed by atoms with E-state index in [9.17, 15) is 14.4 Å². The maximum absolute atomic E-state index is 12.0. The highest BCUT2D eigenvalue weighted by Gasteiger charge is 2.11. The molecular formula is C14H19N7O5. The number of carbonyl (C=O) groups excluding carboxylic acids is 3. The molecule has 0 spiro atoms. The number of ether oxygens (including phenoxy) is 2. The summed E-state index contributed by atoms with van der Waals surface area (Å²) in [6.45, 7) is 3.82. The average Bonchev–Trinajstić information content (AvgIpc) is 3.21. The fourth-order valence-corrected chi connectivity index (χ4v) is 1.87. The molecule has 0 radical (unpaired) electrons. The van der Waals surface area contributed by atoms with Gasteiger partial charge in [-0.15, -0.1) is 10.2 Å². The molecule has 0 aliphatic carbocycles. The molecular weight excluding hydrogens is 346 g/mol. The fourth-order valence-electron chi connectivity index (χ4n) is 1.87. The van der Waals surface area contributed by atoms with E-state index in [1.54, 1.807) is 6.20 Å². The van der Waals surface area contributed by atoms with Gasteiger partial charge < -0.3 is 14.8 Å². The van der Waals surface area contributed by atoms with Gasteiger partial charge in [-0.05, 0) is 0 Å². The lowest BCUT2D eigenvalue weighted by molar-refractivity contribution is -0.142. The third-order valence-corrected chi connectivity index (χ3v) is 3.04. The van der Waals surface area contributed by atoms with Crippen LogP contribution in [-0.4, -0.2) is 61.0 Å². The van der Waals surface area contributed by atoms with Gasteiger partial charge in [0.05, 0.1) is 32.0 Å². The van der Waals surface area contributed by atoms with Crippen molar-refractivity contribution in [2.45, 2.75) is 33.5 Å². The Balaban J connectivity index is 1.76. The molecule has 0 bridgehead atoms. The van der Waals surface area contributed by atoms with Crippen LogP contribution in [0.25, 0.3) is 0 Å². The van der Waals surface area contributed by atoms with Crippen molar-refractivity contribution in [3.8, 4) is 0 Å². The molecule has 2 aromatic heterocycles. The van der Waals surface area contributed by atoms with Gasteiger partial charge in [-0.25, -0.2) is 9.36 Å². The van der Waals surface area contributed by atoms with Crippen molar-refractivity contribution >= 4 is 17.8 Å². The van der Waals surface area contributed by atoms with E-state index in [2.05, 4.69) is 25.9 Å². The van der Waals surface area contributed by atoms with Crippen LogP contribution in [0.3, 0.4) is 0 Å². The molecule has 0 saturated carbocycles. The molecule has 0 saturated heterocycles. The van der Waals surface area contributed by atoms with Crippen molar-refractivity contribution < 1.29 is 23.9 Å². The first-order chi connectivity index (χ1) is 12.4. The molecule has 0 fully saturated rings. The molecule has 0 aliphatic heterocycles. The van der Waals surface area contributed by atoms with Crippen molar-refractivity contribution in [2.24, 2.45) is 0 Å². The summed E-state index contributed by atoms with van der Waals surface area (Å²) in [4.78, 5) is 33.4. The van der Waals surface area contributed by atoms with Crippen molar-refractivity contribution in [1.82, 2.24) is 35.3 Å². The Morgan fingerprint density at radius 2 is 1.54 bits per heavy atom. The number of amides is 1. The van der Waals surface area contributed by atoms with Crippen LogP contribution in [0.15, 0.2) is 12.4 Å². The lowest BCUT2D eigenvalue weighted by atomic mass is 10.4. The molecule has 0 unspecified atom stereocenters. The summed E-state index contributed by atoms with van der Waals surface area (Å²) in [5.74, 6) is -1.17. The molecule has 26 heavy (non-hydrogen) atoms. The van der Waals surface area contributed by atoms with Gasteiger partial charge >= 0.3 is 11.9 Å². The number of nitrogens with one attached hydrogen (secondary N) is 1. The maximum Gasteiger partial charge on any atom is 0.302 e. The van der Waals surface area contributed by atoms with E-state index >= 15 is 0 Å². The van der Waals surface area contributed by atoms with Gasteiger partial charge in [0.2, 0.25) is 0 Å². The minimum absolute atomic E-state index is 0.134. The second kappa shape index (κ2) is 9.25. The van der Waals surface area contributed by atoms with Crippen LogP contribution in [0.2, 0.25) is 0 Å². The van der Waals surface area contributed by atoms with Gasteiger partial charge in [-0.1, -0.05) is 10.4 Å². The fraction of sp³-hybridized carbons (Fsp3) is 0.500. The van der Waals surface area contributed by atoms with Crippen molar-refractivity contribution in [1.29, 1.82) is 0 Å². The molecule has 1 amide bonds. The number of hydrogen-bond donors (Lipinski definition) is 1. The number of carbonyl (C=O) groups is 3. The van der Waals surface area contributed by atoms with E-state index in [1.165, 1.54) is 29.4 Å². The van der Waals surface area contributed by atoms with E-state index in [1.807, 2.05) is 0 Å². The van der Waals surface area contributed by atoms with Gasteiger partial charge in [0.1, 0.15) is 18.9 Å². The first kappa shape index (κ1) is 19.0. The normalized spacial score (nSPS) is 10.4. The van der Waals surface area contributed by atoms with Crippen LogP contribution in [-0.2, 0) is 38.7 Å². The largest absolute Gasteiger partial charge is 0.464 e. The zero-order valence-corrected chi connectivity index (χ0v) is 14.4. The third-order valence-electron chi connectivity index (χ3n) is 3.04. The summed E-state index contributed by atoms with van der Waals surface area (Å²) in [5, 5.41) is 18.0. The summed E-state index contributed by atoms with van der Waals surface area (Å²) in [6.07, 6.45) is 3.09. The zero-order valence-electron chi connectivity index (χ0n) is 14.4. The van der Waals surface area contributed by atoms with E-state index in [0.717, 1.165) is 0 Å². The average molecular weight is 365 g/mol.